The Hall–Kier alpha value is -1.92. The zero-order chi connectivity index (χ0) is 17.9. The molecule has 0 heterocycles. The fraction of sp³-hybridized carbons (Fsp3) is 0.556. The lowest BCUT2D eigenvalue weighted by atomic mass is 10.0. The SMILES string of the molecule is CCCCOCC(OCCCC)c1ccc(C(=O)O)c(C(=O)O)c1. The molecule has 0 aliphatic rings. The second-order valence-corrected chi connectivity index (χ2v) is 5.56. The topological polar surface area (TPSA) is 93.1 Å². The molecule has 0 amide bonds. The Kier molecular flexibility index (Phi) is 9.04. The highest BCUT2D eigenvalue weighted by molar-refractivity contribution is 6.01. The van der Waals surface area contributed by atoms with Crippen molar-refractivity contribution in [3.05, 3.63) is 34.9 Å². The van der Waals surface area contributed by atoms with Gasteiger partial charge in [0.15, 0.2) is 0 Å². The Balaban J connectivity index is 2.95. The van der Waals surface area contributed by atoms with Crippen molar-refractivity contribution in [2.75, 3.05) is 19.8 Å². The van der Waals surface area contributed by atoms with Crippen LogP contribution in [0.1, 0.15) is 71.9 Å². The number of aromatic carboxylic acids is 2. The Labute approximate surface area is 142 Å². The van der Waals surface area contributed by atoms with Gasteiger partial charge in [0.1, 0.15) is 6.10 Å². The number of hydrogen-bond donors (Lipinski definition) is 2. The highest BCUT2D eigenvalue weighted by Gasteiger charge is 2.20. The highest BCUT2D eigenvalue weighted by Crippen LogP contribution is 2.22. The van der Waals surface area contributed by atoms with Crippen LogP contribution in [0.2, 0.25) is 0 Å². The molecule has 6 heteroatoms. The van der Waals surface area contributed by atoms with Crippen LogP contribution in [0.4, 0.5) is 0 Å². The summed E-state index contributed by atoms with van der Waals surface area (Å²) in [6, 6.07) is 4.27. The lowest BCUT2D eigenvalue weighted by molar-refractivity contribution is -0.0196. The molecule has 1 aromatic rings. The number of hydrogen-bond acceptors (Lipinski definition) is 4. The van der Waals surface area contributed by atoms with Crippen molar-refractivity contribution < 1.29 is 29.3 Å². The highest BCUT2D eigenvalue weighted by atomic mass is 16.5. The Bertz CT molecular complexity index is 540. The molecular formula is C18H26O6. The summed E-state index contributed by atoms with van der Waals surface area (Å²) in [7, 11) is 0. The molecule has 0 radical (unpaired) electrons. The maximum absolute atomic E-state index is 11.3. The molecule has 1 unspecified atom stereocenters. The van der Waals surface area contributed by atoms with Crippen LogP contribution < -0.4 is 0 Å². The Morgan fingerprint density at radius 3 is 2.21 bits per heavy atom. The van der Waals surface area contributed by atoms with E-state index in [0.717, 1.165) is 25.7 Å². The molecule has 0 aliphatic carbocycles. The monoisotopic (exact) mass is 338 g/mol. The molecule has 0 fully saturated rings. The molecule has 1 atom stereocenters. The number of carboxylic acids is 2. The molecule has 0 bridgehead atoms. The van der Waals surface area contributed by atoms with Crippen LogP contribution >= 0.6 is 0 Å². The van der Waals surface area contributed by atoms with E-state index < -0.39 is 18.0 Å². The smallest absolute Gasteiger partial charge is 0.336 e. The molecule has 24 heavy (non-hydrogen) atoms. The lowest BCUT2D eigenvalue weighted by Gasteiger charge is -2.19. The van der Waals surface area contributed by atoms with E-state index in [1.807, 2.05) is 0 Å². The maximum Gasteiger partial charge on any atom is 0.336 e. The van der Waals surface area contributed by atoms with Crippen LogP contribution in [0.5, 0.6) is 0 Å². The minimum atomic E-state index is -1.27. The predicted molar refractivity (Wildman–Crippen MR) is 89.7 cm³/mol. The first-order valence-electron chi connectivity index (χ1n) is 8.31. The van der Waals surface area contributed by atoms with Gasteiger partial charge in [-0.25, -0.2) is 9.59 Å². The first-order chi connectivity index (χ1) is 11.5. The normalized spacial score (nSPS) is 12.1. The van der Waals surface area contributed by atoms with E-state index in [9.17, 15) is 14.7 Å². The summed E-state index contributed by atoms with van der Waals surface area (Å²) in [6.07, 6.45) is 3.44. The third kappa shape index (κ3) is 6.29. The summed E-state index contributed by atoms with van der Waals surface area (Å²) in [5.41, 5.74) is 0.146. The number of carbonyl (C=O) groups is 2. The molecule has 1 aromatic carbocycles. The molecule has 0 saturated heterocycles. The fourth-order valence-electron chi connectivity index (χ4n) is 2.17. The van der Waals surface area contributed by atoms with Crippen molar-refractivity contribution in [2.24, 2.45) is 0 Å². The predicted octanol–water partition coefficient (Wildman–Crippen LogP) is 3.76. The van der Waals surface area contributed by atoms with Crippen LogP contribution in [-0.2, 0) is 9.47 Å². The van der Waals surface area contributed by atoms with Crippen molar-refractivity contribution in [1.82, 2.24) is 0 Å². The van der Waals surface area contributed by atoms with E-state index >= 15 is 0 Å². The molecular weight excluding hydrogens is 312 g/mol. The third-order valence-electron chi connectivity index (χ3n) is 3.60. The van der Waals surface area contributed by atoms with E-state index in [4.69, 9.17) is 14.6 Å². The van der Waals surface area contributed by atoms with Gasteiger partial charge in [0.05, 0.1) is 17.7 Å². The maximum atomic E-state index is 11.3. The van der Waals surface area contributed by atoms with Gasteiger partial charge in [0, 0.05) is 13.2 Å². The Morgan fingerprint density at radius 1 is 1.00 bits per heavy atom. The molecule has 0 aliphatic heterocycles. The summed E-state index contributed by atoms with van der Waals surface area (Å²) in [5, 5.41) is 18.3. The average molecular weight is 338 g/mol. The number of ether oxygens (including phenoxy) is 2. The standard InChI is InChI=1S/C18H26O6/c1-3-5-9-23-12-16(24-10-6-4-2)13-7-8-14(17(19)20)15(11-13)18(21)22/h7-8,11,16H,3-6,9-10,12H2,1-2H3,(H,19,20)(H,21,22). The number of rotatable bonds is 12. The molecule has 134 valence electrons. The summed E-state index contributed by atoms with van der Waals surface area (Å²) in [6.45, 7) is 5.60. The van der Waals surface area contributed by atoms with Crippen LogP contribution in [-0.4, -0.2) is 42.0 Å². The zero-order valence-corrected chi connectivity index (χ0v) is 14.3. The first-order valence-corrected chi connectivity index (χ1v) is 8.31. The largest absolute Gasteiger partial charge is 0.478 e. The summed E-state index contributed by atoms with van der Waals surface area (Å²) in [4.78, 5) is 22.5. The zero-order valence-electron chi connectivity index (χ0n) is 14.3. The number of carboxylic acid groups (broad SMARTS) is 2. The van der Waals surface area contributed by atoms with Crippen LogP contribution in [0, 0.1) is 0 Å². The van der Waals surface area contributed by atoms with Crippen molar-refractivity contribution in [1.29, 1.82) is 0 Å². The van der Waals surface area contributed by atoms with Crippen molar-refractivity contribution >= 4 is 11.9 Å². The van der Waals surface area contributed by atoms with E-state index in [1.165, 1.54) is 12.1 Å². The average Bonchev–Trinajstić information content (AvgIpc) is 2.56. The summed E-state index contributed by atoms with van der Waals surface area (Å²) < 4.78 is 11.4. The number of benzene rings is 1. The second kappa shape index (κ2) is 10.8. The Morgan fingerprint density at radius 2 is 1.62 bits per heavy atom. The first kappa shape index (κ1) is 20.1. The fourth-order valence-corrected chi connectivity index (χ4v) is 2.17. The quantitative estimate of drug-likeness (QED) is 0.564. The van der Waals surface area contributed by atoms with Gasteiger partial charge in [-0.3, -0.25) is 0 Å². The lowest BCUT2D eigenvalue weighted by Crippen LogP contribution is -2.16. The number of unbranched alkanes of at least 4 members (excludes halogenated alkanes) is 2. The van der Waals surface area contributed by atoms with Gasteiger partial charge in [0.25, 0.3) is 0 Å². The minimum absolute atomic E-state index is 0.231. The van der Waals surface area contributed by atoms with Gasteiger partial charge in [-0.2, -0.15) is 0 Å². The van der Waals surface area contributed by atoms with Crippen molar-refractivity contribution in [3.8, 4) is 0 Å². The summed E-state index contributed by atoms with van der Waals surface area (Å²) in [5.74, 6) is -2.53. The van der Waals surface area contributed by atoms with Crippen molar-refractivity contribution in [3.63, 3.8) is 0 Å². The van der Waals surface area contributed by atoms with E-state index in [2.05, 4.69) is 13.8 Å². The minimum Gasteiger partial charge on any atom is -0.478 e. The molecule has 0 saturated carbocycles. The third-order valence-corrected chi connectivity index (χ3v) is 3.60. The van der Waals surface area contributed by atoms with Gasteiger partial charge in [-0.05, 0) is 30.5 Å². The van der Waals surface area contributed by atoms with E-state index in [1.54, 1.807) is 6.07 Å². The second-order valence-electron chi connectivity index (χ2n) is 5.56. The van der Waals surface area contributed by atoms with Crippen LogP contribution in [0.25, 0.3) is 0 Å². The van der Waals surface area contributed by atoms with Gasteiger partial charge >= 0.3 is 11.9 Å². The van der Waals surface area contributed by atoms with Gasteiger partial charge in [-0.15, -0.1) is 0 Å². The van der Waals surface area contributed by atoms with E-state index in [-0.39, 0.29) is 11.1 Å². The van der Waals surface area contributed by atoms with Crippen LogP contribution in [0.15, 0.2) is 18.2 Å². The van der Waals surface area contributed by atoms with Crippen molar-refractivity contribution in [2.45, 2.75) is 45.6 Å². The molecule has 1 rings (SSSR count). The van der Waals surface area contributed by atoms with Crippen LogP contribution in [0.3, 0.4) is 0 Å². The van der Waals surface area contributed by atoms with Gasteiger partial charge < -0.3 is 19.7 Å². The van der Waals surface area contributed by atoms with Gasteiger partial charge in [-0.1, -0.05) is 32.8 Å². The summed E-state index contributed by atoms with van der Waals surface area (Å²) >= 11 is 0. The molecule has 2 N–H and O–H groups in total. The van der Waals surface area contributed by atoms with Gasteiger partial charge in [0.2, 0.25) is 0 Å². The molecule has 6 nitrogen and oxygen atoms in total. The molecule has 0 aromatic heterocycles. The van der Waals surface area contributed by atoms with E-state index in [0.29, 0.717) is 25.4 Å². The molecule has 0 spiro atoms.